The topological polar surface area (TPSA) is 38.8 Å². The number of esters is 1. The van der Waals surface area contributed by atoms with Crippen LogP contribution in [-0.2, 0) is 14.3 Å². The minimum Gasteiger partial charge on any atom is -0.460 e. The molecule has 18 heavy (non-hydrogen) atoms. The normalized spacial score (nSPS) is 27.9. The fraction of sp³-hybridized carbons (Fsp3) is 0.500. The van der Waals surface area contributed by atoms with Gasteiger partial charge in [-0.3, -0.25) is 0 Å². The van der Waals surface area contributed by atoms with Gasteiger partial charge in [-0.2, -0.15) is 0 Å². The minimum absolute atomic E-state index is 0.0587. The zero-order chi connectivity index (χ0) is 13.3. The third-order valence-corrected chi connectivity index (χ3v) is 3.47. The molecule has 1 aromatic rings. The van der Waals surface area contributed by atoms with E-state index in [1.165, 1.54) is 0 Å². The number of epoxide rings is 1. The monoisotopic (exact) mass is 268 g/mol. The second kappa shape index (κ2) is 4.90. The van der Waals surface area contributed by atoms with Gasteiger partial charge in [0, 0.05) is 5.92 Å². The van der Waals surface area contributed by atoms with Gasteiger partial charge in [0.05, 0.1) is 6.10 Å². The molecule has 0 saturated carbocycles. The summed E-state index contributed by atoms with van der Waals surface area (Å²) < 4.78 is 10.5. The summed E-state index contributed by atoms with van der Waals surface area (Å²) >= 11 is 6.15. The van der Waals surface area contributed by atoms with Crippen molar-refractivity contribution in [2.75, 3.05) is 0 Å². The first kappa shape index (κ1) is 13.4. The summed E-state index contributed by atoms with van der Waals surface area (Å²) in [5.74, 6) is -0.435. The predicted octanol–water partition coefficient (Wildman–Crippen LogP) is 3.08. The Labute approximate surface area is 112 Å². The lowest BCUT2D eigenvalue weighted by Gasteiger charge is -2.12. The first-order valence-corrected chi connectivity index (χ1v) is 6.45. The highest BCUT2D eigenvalue weighted by Crippen LogP contribution is 2.49. The quantitative estimate of drug-likeness (QED) is 0.479. The van der Waals surface area contributed by atoms with Crippen molar-refractivity contribution in [2.45, 2.75) is 44.0 Å². The van der Waals surface area contributed by atoms with Crippen molar-refractivity contribution >= 4 is 17.6 Å². The number of hydrogen-bond acceptors (Lipinski definition) is 3. The maximum absolute atomic E-state index is 11.8. The SMILES string of the molecule is CC(C)OC(=O)C1(Cl)OC1C(C)c1ccccc1. The van der Waals surface area contributed by atoms with E-state index >= 15 is 0 Å². The van der Waals surface area contributed by atoms with Crippen LogP contribution in [0.3, 0.4) is 0 Å². The molecule has 0 amide bonds. The van der Waals surface area contributed by atoms with Crippen LogP contribution in [0.4, 0.5) is 0 Å². The Balaban J connectivity index is 2.04. The van der Waals surface area contributed by atoms with Crippen molar-refractivity contribution in [2.24, 2.45) is 0 Å². The molecule has 1 aromatic carbocycles. The fourth-order valence-corrected chi connectivity index (χ4v) is 2.29. The molecule has 1 aliphatic heterocycles. The molecule has 3 unspecified atom stereocenters. The Hall–Kier alpha value is -1.06. The van der Waals surface area contributed by atoms with Crippen molar-refractivity contribution in [1.29, 1.82) is 0 Å². The van der Waals surface area contributed by atoms with Crippen LogP contribution in [0.25, 0.3) is 0 Å². The molecule has 3 nitrogen and oxygen atoms in total. The van der Waals surface area contributed by atoms with Gasteiger partial charge >= 0.3 is 5.97 Å². The Morgan fingerprint density at radius 3 is 2.50 bits per heavy atom. The molecular formula is C14H17ClO3. The van der Waals surface area contributed by atoms with Gasteiger partial charge in [0.15, 0.2) is 0 Å². The molecule has 0 radical (unpaired) electrons. The summed E-state index contributed by atoms with van der Waals surface area (Å²) in [5.41, 5.74) is 1.10. The van der Waals surface area contributed by atoms with Crippen LogP contribution in [0.5, 0.6) is 0 Å². The molecule has 1 fully saturated rings. The molecule has 2 rings (SSSR count). The van der Waals surface area contributed by atoms with E-state index in [9.17, 15) is 4.79 Å². The Kier molecular flexibility index (Phi) is 3.64. The lowest BCUT2D eigenvalue weighted by molar-refractivity contribution is -0.150. The summed E-state index contributed by atoms with van der Waals surface area (Å²) in [6.07, 6.45) is -0.516. The standard InChI is InChI=1S/C14H17ClO3/c1-9(2)17-13(16)14(15)12(18-14)10(3)11-7-5-4-6-8-11/h4-10,12H,1-3H3. The summed E-state index contributed by atoms with van der Waals surface area (Å²) in [6.45, 7) is 5.57. The van der Waals surface area contributed by atoms with Crippen LogP contribution < -0.4 is 0 Å². The number of carbonyl (C=O) groups excluding carboxylic acids is 1. The molecular weight excluding hydrogens is 252 g/mol. The number of benzene rings is 1. The van der Waals surface area contributed by atoms with E-state index in [1.807, 2.05) is 37.3 Å². The molecule has 0 aliphatic carbocycles. The number of halogens is 1. The molecule has 1 aliphatic rings. The first-order chi connectivity index (χ1) is 8.45. The van der Waals surface area contributed by atoms with Gasteiger partial charge < -0.3 is 9.47 Å². The number of hydrogen-bond donors (Lipinski definition) is 0. The van der Waals surface area contributed by atoms with E-state index in [2.05, 4.69) is 0 Å². The van der Waals surface area contributed by atoms with Gasteiger partial charge in [-0.25, -0.2) is 4.79 Å². The zero-order valence-electron chi connectivity index (χ0n) is 10.7. The van der Waals surface area contributed by atoms with Crippen molar-refractivity contribution in [3.05, 3.63) is 35.9 Å². The highest BCUT2D eigenvalue weighted by atomic mass is 35.5. The summed E-state index contributed by atoms with van der Waals surface area (Å²) in [4.78, 5) is 11.8. The maximum Gasteiger partial charge on any atom is 0.357 e. The number of rotatable bonds is 4. The number of ether oxygens (including phenoxy) is 2. The molecule has 0 spiro atoms. The third-order valence-electron chi connectivity index (χ3n) is 3.01. The summed E-state index contributed by atoms with van der Waals surface area (Å²) in [6, 6.07) is 9.85. The Morgan fingerprint density at radius 2 is 1.94 bits per heavy atom. The summed E-state index contributed by atoms with van der Waals surface area (Å²) in [7, 11) is 0. The molecule has 4 heteroatoms. The van der Waals surface area contributed by atoms with E-state index in [1.54, 1.807) is 13.8 Å². The Bertz CT molecular complexity index is 432. The van der Waals surface area contributed by atoms with Crippen molar-refractivity contribution in [3.8, 4) is 0 Å². The Morgan fingerprint density at radius 1 is 1.33 bits per heavy atom. The molecule has 1 saturated heterocycles. The fourth-order valence-electron chi connectivity index (χ4n) is 1.96. The van der Waals surface area contributed by atoms with E-state index in [0.717, 1.165) is 5.56 Å². The summed E-state index contributed by atoms with van der Waals surface area (Å²) in [5, 5.41) is -1.31. The van der Waals surface area contributed by atoms with Gasteiger partial charge in [-0.05, 0) is 19.4 Å². The van der Waals surface area contributed by atoms with Crippen LogP contribution in [0, 0.1) is 0 Å². The van der Waals surface area contributed by atoms with Crippen LogP contribution in [-0.4, -0.2) is 23.2 Å². The first-order valence-electron chi connectivity index (χ1n) is 6.08. The zero-order valence-corrected chi connectivity index (χ0v) is 11.5. The van der Waals surface area contributed by atoms with Crippen LogP contribution in [0.1, 0.15) is 32.3 Å². The molecule has 0 N–H and O–H groups in total. The van der Waals surface area contributed by atoms with Gasteiger partial charge in [-0.1, -0.05) is 48.9 Å². The highest BCUT2D eigenvalue weighted by Gasteiger charge is 2.65. The van der Waals surface area contributed by atoms with Gasteiger partial charge in [-0.15, -0.1) is 0 Å². The van der Waals surface area contributed by atoms with Crippen molar-refractivity contribution in [3.63, 3.8) is 0 Å². The van der Waals surface area contributed by atoms with Crippen LogP contribution in [0.2, 0.25) is 0 Å². The molecule has 0 aromatic heterocycles. The second-order valence-electron chi connectivity index (χ2n) is 4.84. The number of carbonyl (C=O) groups is 1. The smallest absolute Gasteiger partial charge is 0.357 e. The molecule has 3 atom stereocenters. The number of alkyl halides is 1. The van der Waals surface area contributed by atoms with Gasteiger partial charge in [0.25, 0.3) is 5.06 Å². The van der Waals surface area contributed by atoms with Gasteiger partial charge in [0.1, 0.15) is 6.10 Å². The lowest BCUT2D eigenvalue weighted by atomic mass is 9.96. The van der Waals surface area contributed by atoms with E-state index in [4.69, 9.17) is 21.1 Å². The van der Waals surface area contributed by atoms with E-state index in [-0.39, 0.29) is 18.1 Å². The van der Waals surface area contributed by atoms with Crippen LogP contribution >= 0.6 is 11.6 Å². The highest BCUT2D eigenvalue weighted by molar-refractivity contribution is 6.35. The van der Waals surface area contributed by atoms with E-state index in [0.29, 0.717) is 0 Å². The minimum atomic E-state index is -1.31. The second-order valence-corrected chi connectivity index (χ2v) is 5.40. The van der Waals surface area contributed by atoms with Crippen LogP contribution in [0.15, 0.2) is 30.3 Å². The lowest BCUT2D eigenvalue weighted by Crippen LogP contribution is -2.27. The molecule has 98 valence electrons. The largest absolute Gasteiger partial charge is 0.460 e. The predicted molar refractivity (Wildman–Crippen MR) is 69.5 cm³/mol. The van der Waals surface area contributed by atoms with Crippen molar-refractivity contribution < 1.29 is 14.3 Å². The maximum atomic E-state index is 11.8. The molecule has 0 bridgehead atoms. The molecule has 1 heterocycles. The van der Waals surface area contributed by atoms with Crippen molar-refractivity contribution in [1.82, 2.24) is 0 Å². The third kappa shape index (κ3) is 2.52. The van der Waals surface area contributed by atoms with Gasteiger partial charge in [0.2, 0.25) is 0 Å². The van der Waals surface area contributed by atoms with E-state index < -0.39 is 11.0 Å². The average Bonchev–Trinajstić information content (AvgIpc) is 3.03. The average molecular weight is 269 g/mol.